The van der Waals surface area contributed by atoms with E-state index in [-0.39, 0.29) is 38.6 Å². The molecule has 0 saturated carbocycles. The first-order valence-corrected chi connectivity index (χ1v) is 8.89. The SMILES string of the molecule is CCC(C)c1cccc(C(C)CC)c1O.Cc1ccc(O)c(C)c1.Cl.[Zr]. The molecule has 0 aliphatic rings. The van der Waals surface area contributed by atoms with Crippen LogP contribution in [0.15, 0.2) is 36.4 Å². The Kier molecular flexibility index (Phi) is 14.1. The minimum Gasteiger partial charge on any atom is -0.508 e. The summed E-state index contributed by atoms with van der Waals surface area (Å²) in [7, 11) is 0. The van der Waals surface area contributed by atoms with Crippen molar-refractivity contribution in [3.63, 3.8) is 0 Å². The van der Waals surface area contributed by atoms with Crippen LogP contribution in [0.3, 0.4) is 0 Å². The van der Waals surface area contributed by atoms with Crippen LogP contribution in [-0.2, 0) is 26.2 Å². The van der Waals surface area contributed by atoms with Crippen molar-refractivity contribution in [1.29, 1.82) is 0 Å². The third kappa shape index (κ3) is 7.84. The molecule has 2 aromatic rings. The third-order valence-corrected chi connectivity index (χ3v) is 4.74. The fraction of sp³-hybridized carbons (Fsp3) is 0.455. The summed E-state index contributed by atoms with van der Waals surface area (Å²) < 4.78 is 0. The molecular formula is C22H33ClO2Zr. The van der Waals surface area contributed by atoms with Gasteiger partial charge in [-0.15, -0.1) is 12.4 Å². The first kappa shape index (κ1) is 27.4. The summed E-state index contributed by atoms with van der Waals surface area (Å²) in [6.45, 7) is 12.5. The second-order valence-corrected chi connectivity index (χ2v) is 6.69. The molecule has 2 aromatic carbocycles. The van der Waals surface area contributed by atoms with Crippen molar-refractivity contribution < 1.29 is 36.4 Å². The van der Waals surface area contributed by atoms with E-state index >= 15 is 0 Å². The van der Waals surface area contributed by atoms with Crippen LogP contribution in [0.5, 0.6) is 11.5 Å². The van der Waals surface area contributed by atoms with Gasteiger partial charge >= 0.3 is 0 Å². The predicted molar refractivity (Wildman–Crippen MR) is 110 cm³/mol. The van der Waals surface area contributed by atoms with E-state index in [1.165, 1.54) is 5.56 Å². The average molecular weight is 456 g/mol. The van der Waals surface area contributed by atoms with Crippen molar-refractivity contribution in [1.82, 2.24) is 0 Å². The number of phenols is 2. The maximum atomic E-state index is 10.2. The van der Waals surface area contributed by atoms with Gasteiger partial charge in [0.15, 0.2) is 0 Å². The van der Waals surface area contributed by atoms with Gasteiger partial charge in [0, 0.05) is 26.2 Å². The van der Waals surface area contributed by atoms with Crippen LogP contribution >= 0.6 is 12.4 Å². The van der Waals surface area contributed by atoms with Crippen molar-refractivity contribution >= 4 is 12.4 Å². The summed E-state index contributed by atoms with van der Waals surface area (Å²) in [5.74, 6) is 1.77. The van der Waals surface area contributed by atoms with Gasteiger partial charge in [0.25, 0.3) is 0 Å². The zero-order chi connectivity index (χ0) is 18.3. The molecule has 0 aromatic heterocycles. The maximum absolute atomic E-state index is 10.2. The summed E-state index contributed by atoms with van der Waals surface area (Å²) in [6.07, 6.45) is 2.13. The Balaban J connectivity index is 0. The summed E-state index contributed by atoms with van der Waals surface area (Å²) in [4.78, 5) is 0. The summed E-state index contributed by atoms with van der Waals surface area (Å²) in [5.41, 5.74) is 4.31. The molecule has 2 atom stereocenters. The Bertz CT molecular complexity index is 630. The van der Waals surface area contributed by atoms with Crippen molar-refractivity contribution in [3.8, 4) is 11.5 Å². The Morgan fingerprint density at radius 2 is 1.31 bits per heavy atom. The monoisotopic (exact) mass is 454 g/mol. The van der Waals surface area contributed by atoms with E-state index in [1.807, 2.05) is 38.1 Å². The molecule has 0 aliphatic heterocycles. The van der Waals surface area contributed by atoms with E-state index in [9.17, 15) is 5.11 Å². The first-order valence-electron chi connectivity index (χ1n) is 8.89. The summed E-state index contributed by atoms with van der Waals surface area (Å²) in [5, 5.41) is 19.2. The molecule has 0 bridgehead atoms. The summed E-state index contributed by atoms with van der Waals surface area (Å²) in [6, 6.07) is 11.7. The fourth-order valence-electron chi connectivity index (χ4n) is 2.62. The van der Waals surface area contributed by atoms with Gasteiger partial charge in [-0.2, -0.15) is 0 Å². The van der Waals surface area contributed by atoms with Gasteiger partial charge in [0.05, 0.1) is 0 Å². The van der Waals surface area contributed by atoms with Gasteiger partial charge < -0.3 is 10.2 Å². The number of para-hydroxylation sites is 1. The van der Waals surface area contributed by atoms with Crippen molar-refractivity contribution in [2.45, 2.75) is 66.2 Å². The van der Waals surface area contributed by atoms with Gasteiger partial charge in [-0.25, -0.2) is 0 Å². The second-order valence-electron chi connectivity index (χ2n) is 6.69. The molecule has 0 spiro atoms. The van der Waals surface area contributed by atoms with Crippen LogP contribution in [0, 0.1) is 13.8 Å². The van der Waals surface area contributed by atoms with Gasteiger partial charge in [0.1, 0.15) is 11.5 Å². The van der Waals surface area contributed by atoms with E-state index in [2.05, 4.69) is 33.8 Å². The van der Waals surface area contributed by atoms with Gasteiger partial charge in [-0.05, 0) is 61.3 Å². The first-order chi connectivity index (χ1) is 11.3. The van der Waals surface area contributed by atoms with Crippen molar-refractivity contribution in [2.24, 2.45) is 0 Å². The van der Waals surface area contributed by atoms with E-state index in [1.54, 1.807) is 6.07 Å². The molecule has 0 amide bonds. The Morgan fingerprint density at radius 1 is 0.846 bits per heavy atom. The molecule has 0 aliphatic carbocycles. The standard InChI is InChI=1S/C14H22O.C8H10O.ClH.Zr/c1-5-10(3)12-8-7-9-13(14(12)15)11(4)6-2;1-6-3-4-8(9)7(2)5-6;;/h7-11,15H,5-6H2,1-4H3;3-5,9H,1-2H3;1H;. The van der Waals surface area contributed by atoms with E-state index < -0.39 is 0 Å². The van der Waals surface area contributed by atoms with Crippen molar-refractivity contribution in [2.75, 3.05) is 0 Å². The molecule has 144 valence electrons. The Morgan fingerprint density at radius 3 is 1.65 bits per heavy atom. The summed E-state index contributed by atoms with van der Waals surface area (Å²) >= 11 is 0. The molecule has 4 heteroatoms. The smallest absolute Gasteiger partial charge is 0.122 e. The molecule has 0 radical (unpaired) electrons. The molecule has 0 heterocycles. The minimum atomic E-state index is 0. The number of halogens is 1. The fourth-order valence-corrected chi connectivity index (χ4v) is 2.62. The van der Waals surface area contributed by atoms with Crippen LogP contribution in [-0.4, -0.2) is 10.2 Å². The van der Waals surface area contributed by atoms with Crippen LogP contribution in [0.1, 0.15) is 74.6 Å². The number of hydrogen-bond donors (Lipinski definition) is 2. The number of hydrogen-bond acceptors (Lipinski definition) is 2. The molecule has 2 N–H and O–H groups in total. The number of aromatic hydroxyl groups is 2. The number of phenolic OH excluding ortho intramolecular Hbond substituents is 2. The average Bonchev–Trinajstić information content (AvgIpc) is 2.58. The molecule has 2 unspecified atom stereocenters. The maximum Gasteiger partial charge on any atom is 0.122 e. The van der Waals surface area contributed by atoms with Crippen molar-refractivity contribution in [3.05, 3.63) is 58.7 Å². The van der Waals surface area contributed by atoms with Crippen LogP contribution in [0.4, 0.5) is 0 Å². The molecular weight excluding hydrogens is 423 g/mol. The van der Waals surface area contributed by atoms with E-state index in [0.29, 0.717) is 23.3 Å². The molecule has 2 rings (SSSR count). The topological polar surface area (TPSA) is 40.5 Å². The number of aryl methyl sites for hydroxylation is 2. The van der Waals surface area contributed by atoms with Gasteiger partial charge in [-0.1, -0.05) is 63.6 Å². The molecule has 0 saturated heterocycles. The van der Waals surface area contributed by atoms with Gasteiger partial charge in [-0.3, -0.25) is 0 Å². The zero-order valence-electron chi connectivity index (χ0n) is 16.8. The minimum absolute atomic E-state index is 0. The Labute approximate surface area is 184 Å². The van der Waals surface area contributed by atoms with Gasteiger partial charge in [0.2, 0.25) is 0 Å². The predicted octanol–water partition coefficient (Wildman–Crippen LogP) is 6.85. The number of benzene rings is 2. The van der Waals surface area contributed by atoms with Crippen LogP contribution in [0.2, 0.25) is 0 Å². The molecule has 26 heavy (non-hydrogen) atoms. The van der Waals surface area contributed by atoms with Crippen LogP contribution < -0.4 is 0 Å². The van der Waals surface area contributed by atoms with E-state index in [4.69, 9.17) is 5.11 Å². The molecule has 2 nitrogen and oxygen atoms in total. The Hall–Kier alpha value is -0.787. The second kappa shape index (κ2) is 13.4. The van der Waals surface area contributed by atoms with E-state index in [0.717, 1.165) is 29.5 Å². The molecule has 0 fully saturated rings. The van der Waals surface area contributed by atoms with Crippen LogP contribution in [0.25, 0.3) is 0 Å². The quantitative estimate of drug-likeness (QED) is 0.529. The normalized spacial score (nSPS) is 11.9. The largest absolute Gasteiger partial charge is 0.508 e. The zero-order valence-corrected chi connectivity index (χ0v) is 20.1. The number of rotatable bonds is 4. The third-order valence-electron chi connectivity index (χ3n) is 4.74.